The smallest absolute Gasteiger partial charge is 0.270 e. The van der Waals surface area contributed by atoms with Gasteiger partial charge in [0.05, 0.1) is 0 Å². The van der Waals surface area contributed by atoms with Crippen LogP contribution in [0, 0.1) is 0 Å². The van der Waals surface area contributed by atoms with E-state index in [0.29, 0.717) is 0 Å². The quantitative estimate of drug-likeness (QED) is 0.591. The average Bonchev–Trinajstić information content (AvgIpc) is 1.63. The number of carbonyl (C=O) groups excluding carboxylic acids is 1. The van der Waals surface area contributed by atoms with E-state index in [2.05, 4.69) is 5.32 Å². The van der Waals surface area contributed by atoms with E-state index < -0.39 is 11.5 Å². The fraction of sp³-hybridized carbons (Fsp3) is 0.800. The van der Waals surface area contributed by atoms with Gasteiger partial charge in [0.2, 0.25) is 0 Å². The van der Waals surface area contributed by atoms with E-state index in [-0.39, 0.29) is 6.04 Å². The van der Waals surface area contributed by atoms with Crippen LogP contribution in [0.25, 0.3) is 0 Å². The summed E-state index contributed by atoms with van der Waals surface area (Å²) in [6.07, 6.45) is 0. The lowest BCUT2D eigenvalue weighted by Gasteiger charge is -2.06. The number of rotatable bonds is 2. The Kier molecular flexibility index (Phi) is 3.54. The predicted molar refractivity (Wildman–Crippen MR) is 34.0 cm³/mol. The molecule has 0 aliphatic rings. The first-order chi connectivity index (χ1) is 4.04. The van der Waals surface area contributed by atoms with Crippen molar-refractivity contribution in [3.05, 3.63) is 0 Å². The number of alkyl halides is 2. The maximum atomic E-state index is 11.8. The maximum Gasteiger partial charge on any atom is 0.270 e. The number of carbonyl (C=O) groups is 1. The minimum Gasteiger partial charge on any atom is -0.350 e. The molecule has 0 bridgehead atoms. The lowest BCUT2D eigenvalue weighted by atomic mass is 10.4. The van der Waals surface area contributed by atoms with Crippen molar-refractivity contribution in [2.45, 2.75) is 25.5 Å². The van der Waals surface area contributed by atoms with Crippen LogP contribution >= 0.6 is 11.6 Å². The summed E-state index contributed by atoms with van der Waals surface area (Å²) in [5.41, 5.74) is -1.92. The summed E-state index contributed by atoms with van der Waals surface area (Å²) in [6, 6.07) is -0.0606. The average molecular weight is 154 g/mol. The first-order valence-corrected chi connectivity index (χ1v) is 3.06. The molecule has 0 radical (unpaired) electrons. The van der Waals surface area contributed by atoms with Crippen LogP contribution in [-0.4, -0.2) is 17.6 Å². The van der Waals surface area contributed by atoms with E-state index in [9.17, 15) is 9.18 Å². The van der Waals surface area contributed by atoms with Crippen LogP contribution in [0.1, 0.15) is 13.8 Å². The third-order valence-corrected chi connectivity index (χ3v) is 0.827. The summed E-state index contributed by atoms with van der Waals surface area (Å²) < 4.78 is 11.8. The minimum absolute atomic E-state index is 0.0606. The molecule has 1 N–H and O–H groups in total. The molecular formula is C5H9ClFNO. The van der Waals surface area contributed by atoms with Crippen molar-refractivity contribution in [3.8, 4) is 0 Å². The number of hydrogen-bond acceptors (Lipinski definition) is 1. The molecule has 4 heteroatoms. The molecule has 0 spiro atoms. The van der Waals surface area contributed by atoms with Crippen molar-refractivity contribution >= 4 is 17.5 Å². The zero-order chi connectivity index (χ0) is 7.44. The van der Waals surface area contributed by atoms with Crippen molar-refractivity contribution in [2.24, 2.45) is 0 Å². The summed E-state index contributed by atoms with van der Waals surface area (Å²) in [6.45, 7) is 3.47. The van der Waals surface area contributed by atoms with E-state index in [1.165, 1.54) is 0 Å². The fourth-order valence-corrected chi connectivity index (χ4v) is 0.411. The summed E-state index contributed by atoms with van der Waals surface area (Å²) in [4.78, 5) is 10.3. The number of amides is 1. The van der Waals surface area contributed by atoms with Gasteiger partial charge >= 0.3 is 0 Å². The highest BCUT2D eigenvalue weighted by Crippen LogP contribution is 1.96. The number of nitrogens with one attached hydrogen (secondary N) is 1. The second kappa shape index (κ2) is 3.67. The van der Waals surface area contributed by atoms with E-state index in [4.69, 9.17) is 11.6 Å². The Morgan fingerprint density at radius 3 is 2.22 bits per heavy atom. The molecule has 0 heterocycles. The van der Waals surface area contributed by atoms with Gasteiger partial charge in [-0.25, -0.2) is 4.39 Å². The topological polar surface area (TPSA) is 29.1 Å². The van der Waals surface area contributed by atoms with Gasteiger partial charge in [-0.1, -0.05) is 11.6 Å². The lowest BCUT2D eigenvalue weighted by molar-refractivity contribution is -0.123. The number of hydrogen-bond donors (Lipinski definition) is 1. The molecule has 0 rings (SSSR count). The SMILES string of the molecule is CC(C)NC(=O)C(F)Cl. The standard InChI is InChI=1S/C5H9ClFNO/c1-3(2)8-5(9)4(6)7/h3-4H,1-2H3,(H,8,9). The Hall–Kier alpha value is -0.310. The molecule has 2 nitrogen and oxygen atoms in total. The third kappa shape index (κ3) is 4.21. The molecular weight excluding hydrogens is 145 g/mol. The molecule has 0 saturated carbocycles. The Morgan fingerprint density at radius 2 is 2.11 bits per heavy atom. The van der Waals surface area contributed by atoms with Crippen LogP contribution in [0.15, 0.2) is 0 Å². The highest BCUT2D eigenvalue weighted by Gasteiger charge is 2.12. The van der Waals surface area contributed by atoms with Gasteiger partial charge in [0.25, 0.3) is 11.5 Å². The predicted octanol–water partition coefficient (Wildman–Crippen LogP) is 1.05. The summed E-state index contributed by atoms with van der Waals surface area (Å²) in [7, 11) is 0. The van der Waals surface area contributed by atoms with Crippen molar-refractivity contribution in [3.63, 3.8) is 0 Å². The molecule has 54 valence electrons. The van der Waals surface area contributed by atoms with Gasteiger partial charge in [-0.2, -0.15) is 0 Å². The summed E-state index contributed by atoms with van der Waals surface area (Å²) in [5, 5.41) is 2.30. The first-order valence-electron chi connectivity index (χ1n) is 2.62. The van der Waals surface area contributed by atoms with Crippen molar-refractivity contribution in [1.29, 1.82) is 0 Å². The van der Waals surface area contributed by atoms with Crippen molar-refractivity contribution < 1.29 is 9.18 Å². The molecule has 1 amide bonds. The van der Waals surface area contributed by atoms with Gasteiger partial charge in [-0.3, -0.25) is 4.79 Å². The van der Waals surface area contributed by atoms with Crippen molar-refractivity contribution in [1.82, 2.24) is 5.32 Å². The maximum absolute atomic E-state index is 11.8. The molecule has 0 saturated heterocycles. The van der Waals surface area contributed by atoms with Crippen molar-refractivity contribution in [2.75, 3.05) is 0 Å². The van der Waals surface area contributed by atoms with Gasteiger partial charge in [0.1, 0.15) is 0 Å². The van der Waals surface area contributed by atoms with E-state index in [1.807, 2.05) is 0 Å². The van der Waals surface area contributed by atoms with Crippen LogP contribution in [0.5, 0.6) is 0 Å². The normalized spacial score (nSPS) is 13.4. The van der Waals surface area contributed by atoms with Gasteiger partial charge in [0, 0.05) is 6.04 Å². The van der Waals surface area contributed by atoms with Crippen LogP contribution in [0.3, 0.4) is 0 Å². The Balaban J connectivity index is 3.51. The minimum atomic E-state index is -1.92. The largest absolute Gasteiger partial charge is 0.350 e. The fourth-order valence-electron chi connectivity index (χ4n) is 0.348. The lowest BCUT2D eigenvalue weighted by Crippen LogP contribution is -2.34. The zero-order valence-electron chi connectivity index (χ0n) is 5.32. The molecule has 0 aromatic carbocycles. The second-order valence-electron chi connectivity index (χ2n) is 1.96. The molecule has 0 aromatic rings. The summed E-state index contributed by atoms with van der Waals surface area (Å²) in [5.74, 6) is -0.772. The molecule has 0 fully saturated rings. The van der Waals surface area contributed by atoms with Crippen LogP contribution in [0.2, 0.25) is 0 Å². The van der Waals surface area contributed by atoms with E-state index in [1.54, 1.807) is 13.8 Å². The molecule has 0 aliphatic carbocycles. The summed E-state index contributed by atoms with van der Waals surface area (Å²) >= 11 is 4.79. The molecule has 0 aromatic heterocycles. The Bertz CT molecular complexity index is 105. The molecule has 0 aliphatic heterocycles. The highest BCUT2D eigenvalue weighted by molar-refractivity contribution is 6.29. The zero-order valence-corrected chi connectivity index (χ0v) is 6.07. The van der Waals surface area contributed by atoms with Gasteiger partial charge < -0.3 is 5.32 Å². The second-order valence-corrected chi connectivity index (χ2v) is 2.35. The Labute approximate surface area is 58.4 Å². The van der Waals surface area contributed by atoms with E-state index in [0.717, 1.165) is 0 Å². The van der Waals surface area contributed by atoms with E-state index >= 15 is 0 Å². The number of halogens is 2. The molecule has 9 heavy (non-hydrogen) atoms. The monoisotopic (exact) mass is 153 g/mol. The molecule has 1 atom stereocenters. The highest BCUT2D eigenvalue weighted by atomic mass is 35.5. The Morgan fingerprint density at radius 1 is 1.67 bits per heavy atom. The molecule has 1 unspecified atom stereocenters. The van der Waals surface area contributed by atoms with Gasteiger partial charge in [-0.05, 0) is 13.8 Å². The van der Waals surface area contributed by atoms with Crippen LogP contribution in [-0.2, 0) is 4.79 Å². The third-order valence-electron chi connectivity index (χ3n) is 0.629. The van der Waals surface area contributed by atoms with Gasteiger partial charge in [0.15, 0.2) is 0 Å². The van der Waals surface area contributed by atoms with Crippen LogP contribution < -0.4 is 5.32 Å². The first kappa shape index (κ1) is 8.69. The van der Waals surface area contributed by atoms with Gasteiger partial charge in [-0.15, -0.1) is 0 Å². The van der Waals surface area contributed by atoms with Crippen LogP contribution in [0.4, 0.5) is 4.39 Å².